The van der Waals surface area contributed by atoms with Gasteiger partial charge in [-0.2, -0.15) is 18.3 Å². The molecule has 0 radical (unpaired) electrons. The molecule has 0 aliphatic carbocycles. The van der Waals surface area contributed by atoms with E-state index in [1.165, 1.54) is 4.90 Å². The summed E-state index contributed by atoms with van der Waals surface area (Å²) in [5.74, 6) is -0.535. The van der Waals surface area contributed by atoms with Crippen LogP contribution in [0.25, 0.3) is 0 Å². The third-order valence-corrected chi connectivity index (χ3v) is 3.17. The van der Waals surface area contributed by atoms with Gasteiger partial charge >= 0.3 is 6.18 Å². The number of H-pyrrole nitrogens is 1. The summed E-state index contributed by atoms with van der Waals surface area (Å²) in [5.41, 5.74) is -1.27. The number of amides is 1. The molecule has 9 heteroatoms. The summed E-state index contributed by atoms with van der Waals surface area (Å²) < 4.78 is 47.8. The number of halogens is 3. The second-order valence-corrected chi connectivity index (χ2v) is 4.69. The molecule has 1 N–H and O–H groups in total. The van der Waals surface area contributed by atoms with E-state index in [2.05, 4.69) is 5.10 Å². The van der Waals surface area contributed by atoms with Crippen molar-refractivity contribution in [2.24, 2.45) is 0 Å². The topological polar surface area (TPSA) is 67.5 Å². The number of aromatic amines is 1. The van der Waals surface area contributed by atoms with E-state index in [1.807, 2.05) is 5.10 Å². The number of hydrogen-bond donors (Lipinski definition) is 1. The third kappa shape index (κ3) is 3.94. The highest BCUT2D eigenvalue weighted by Crippen LogP contribution is 2.28. The minimum absolute atomic E-state index is 0.177. The van der Waals surface area contributed by atoms with Crippen molar-refractivity contribution in [3.8, 4) is 0 Å². The van der Waals surface area contributed by atoms with E-state index >= 15 is 0 Å². The quantitative estimate of drug-likeness (QED) is 0.910. The Morgan fingerprint density at radius 1 is 1.62 bits per heavy atom. The number of nitrogens with one attached hydrogen (secondary N) is 1. The van der Waals surface area contributed by atoms with Gasteiger partial charge < -0.3 is 14.4 Å². The maximum atomic E-state index is 12.5. The first-order valence-electron chi connectivity index (χ1n) is 6.44. The minimum Gasteiger partial charge on any atom is -0.385 e. The van der Waals surface area contributed by atoms with Gasteiger partial charge in [0.25, 0.3) is 5.91 Å². The lowest BCUT2D eigenvalue weighted by atomic mass is 10.2. The van der Waals surface area contributed by atoms with E-state index in [-0.39, 0.29) is 11.8 Å². The van der Waals surface area contributed by atoms with E-state index in [1.54, 1.807) is 7.11 Å². The van der Waals surface area contributed by atoms with Crippen LogP contribution in [0.15, 0.2) is 6.07 Å². The van der Waals surface area contributed by atoms with Crippen molar-refractivity contribution in [3.05, 3.63) is 17.5 Å². The highest BCUT2D eigenvalue weighted by molar-refractivity contribution is 5.92. The smallest absolute Gasteiger partial charge is 0.385 e. The summed E-state index contributed by atoms with van der Waals surface area (Å²) in [6.07, 6.45) is -4.10. The molecule has 1 amide bonds. The fraction of sp³-hybridized carbons (Fsp3) is 0.667. The molecule has 1 aliphatic heterocycles. The lowest BCUT2D eigenvalue weighted by molar-refractivity contribution is -0.141. The maximum absolute atomic E-state index is 12.5. The molecule has 1 aromatic rings. The van der Waals surface area contributed by atoms with E-state index < -0.39 is 17.8 Å². The van der Waals surface area contributed by atoms with Gasteiger partial charge in [-0.3, -0.25) is 9.89 Å². The number of aromatic nitrogens is 2. The summed E-state index contributed by atoms with van der Waals surface area (Å²) >= 11 is 0. The first-order chi connectivity index (χ1) is 9.91. The average Bonchev–Trinajstić information content (AvgIpc) is 2.94. The normalized spacial score (nSPS) is 19.8. The molecule has 1 atom stereocenters. The highest BCUT2D eigenvalue weighted by Gasteiger charge is 2.35. The molecule has 0 bridgehead atoms. The van der Waals surface area contributed by atoms with Crippen molar-refractivity contribution in [2.75, 3.05) is 33.4 Å². The van der Waals surface area contributed by atoms with Crippen LogP contribution in [0.5, 0.6) is 0 Å². The zero-order valence-electron chi connectivity index (χ0n) is 11.4. The van der Waals surface area contributed by atoms with E-state index in [0.29, 0.717) is 32.7 Å². The van der Waals surface area contributed by atoms with E-state index in [0.717, 1.165) is 6.07 Å². The molecule has 2 rings (SSSR count). The van der Waals surface area contributed by atoms with Crippen LogP contribution < -0.4 is 0 Å². The largest absolute Gasteiger partial charge is 0.432 e. The molecule has 0 spiro atoms. The number of carbonyl (C=O) groups excluding carboxylic acids is 1. The van der Waals surface area contributed by atoms with Crippen LogP contribution in [-0.4, -0.2) is 60.5 Å². The van der Waals surface area contributed by atoms with Gasteiger partial charge in [0.1, 0.15) is 5.69 Å². The zero-order valence-corrected chi connectivity index (χ0v) is 11.4. The fourth-order valence-electron chi connectivity index (χ4n) is 2.07. The van der Waals surface area contributed by atoms with Gasteiger partial charge in [0.05, 0.1) is 12.7 Å². The van der Waals surface area contributed by atoms with E-state index in [9.17, 15) is 18.0 Å². The number of ether oxygens (including phenoxy) is 2. The number of nitrogens with zero attached hydrogens (tertiary/aromatic N) is 2. The Morgan fingerprint density at radius 2 is 2.38 bits per heavy atom. The average molecular weight is 307 g/mol. The molecule has 0 unspecified atom stereocenters. The van der Waals surface area contributed by atoms with Gasteiger partial charge in [0.15, 0.2) is 5.69 Å². The fourth-order valence-corrected chi connectivity index (χ4v) is 2.07. The molecule has 6 nitrogen and oxygen atoms in total. The van der Waals surface area contributed by atoms with Gasteiger partial charge in [-0.15, -0.1) is 0 Å². The first-order valence-corrected chi connectivity index (χ1v) is 6.44. The molecule has 0 saturated carbocycles. The van der Waals surface area contributed by atoms with Gasteiger partial charge in [-0.25, -0.2) is 0 Å². The predicted molar refractivity (Wildman–Crippen MR) is 65.7 cm³/mol. The summed E-state index contributed by atoms with van der Waals surface area (Å²) in [4.78, 5) is 13.6. The number of alkyl halides is 3. The molecule has 1 saturated heterocycles. The molecule has 1 fully saturated rings. The second-order valence-electron chi connectivity index (χ2n) is 4.69. The molecule has 1 aromatic heterocycles. The van der Waals surface area contributed by atoms with Crippen LogP contribution in [0, 0.1) is 0 Å². The molecule has 2 heterocycles. The maximum Gasteiger partial charge on any atom is 0.432 e. The highest BCUT2D eigenvalue weighted by atomic mass is 19.4. The van der Waals surface area contributed by atoms with Gasteiger partial charge in [-0.05, 0) is 6.42 Å². The second kappa shape index (κ2) is 6.44. The molecule has 118 valence electrons. The monoisotopic (exact) mass is 307 g/mol. The molecular formula is C12H16F3N3O3. The minimum atomic E-state index is -4.54. The first kappa shape index (κ1) is 15.8. The van der Waals surface area contributed by atoms with Crippen molar-refractivity contribution < 1.29 is 27.4 Å². The predicted octanol–water partition coefficient (Wildman–Crippen LogP) is 1.31. The van der Waals surface area contributed by atoms with Crippen LogP contribution in [0.3, 0.4) is 0 Å². The van der Waals surface area contributed by atoms with Crippen LogP contribution in [0.4, 0.5) is 13.2 Å². The van der Waals surface area contributed by atoms with Crippen molar-refractivity contribution in [1.29, 1.82) is 0 Å². The third-order valence-electron chi connectivity index (χ3n) is 3.17. The van der Waals surface area contributed by atoms with Crippen LogP contribution >= 0.6 is 0 Å². The Morgan fingerprint density at radius 3 is 3.00 bits per heavy atom. The number of methoxy groups -OCH3 is 1. The molecular weight excluding hydrogens is 291 g/mol. The van der Waals surface area contributed by atoms with Gasteiger partial charge in [0, 0.05) is 32.9 Å². The van der Waals surface area contributed by atoms with E-state index in [4.69, 9.17) is 9.47 Å². The summed E-state index contributed by atoms with van der Waals surface area (Å²) in [6.45, 7) is 1.48. The van der Waals surface area contributed by atoms with Crippen LogP contribution in [-0.2, 0) is 15.7 Å². The Bertz CT molecular complexity index is 490. The Labute approximate surface area is 119 Å². The number of morpholine rings is 1. The van der Waals surface area contributed by atoms with Crippen molar-refractivity contribution in [3.63, 3.8) is 0 Å². The molecule has 0 aromatic carbocycles. The van der Waals surface area contributed by atoms with Gasteiger partial charge in [-0.1, -0.05) is 0 Å². The Balaban J connectivity index is 2.00. The molecule has 21 heavy (non-hydrogen) atoms. The number of rotatable bonds is 4. The SMILES string of the molecule is COCC[C@@H]1CN(C(=O)c2cc(C(F)(F)F)[nH]n2)CCO1. The number of carbonyl (C=O) groups is 1. The lowest BCUT2D eigenvalue weighted by Crippen LogP contribution is -2.46. The summed E-state index contributed by atoms with van der Waals surface area (Å²) in [7, 11) is 1.56. The van der Waals surface area contributed by atoms with Crippen LogP contribution in [0.2, 0.25) is 0 Å². The summed E-state index contributed by atoms with van der Waals surface area (Å²) in [6, 6.07) is 0.724. The summed E-state index contributed by atoms with van der Waals surface area (Å²) in [5, 5.41) is 5.28. The van der Waals surface area contributed by atoms with Crippen molar-refractivity contribution in [1.82, 2.24) is 15.1 Å². The zero-order chi connectivity index (χ0) is 15.5. The van der Waals surface area contributed by atoms with Crippen molar-refractivity contribution >= 4 is 5.91 Å². The Hall–Kier alpha value is -1.61. The standard InChI is InChI=1S/C12H16F3N3O3/c1-20-4-2-8-7-18(3-5-21-8)11(19)9-6-10(17-16-9)12(13,14)15/h6,8H,2-5,7H2,1H3,(H,16,17)/t8-/m1/s1. The lowest BCUT2D eigenvalue weighted by Gasteiger charge is -2.32. The van der Waals surface area contributed by atoms with Gasteiger partial charge in [0.2, 0.25) is 0 Å². The van der Waals surface area contributed by atoms with Crippen LogP contribution in [0.1, 0.15) is 22.6 Å². The molecule has 1 aliphatic rings. The number of hydrogen-bond acceptors (Lipinski definition) is 4. The Kier molecular flexibility index (Phi) is 4.84. The van der Waals surface area contributed by atoms with Crippen molar-refractivity contribution in [2.45, 2.75) is 18.7 Å².